The van der Waals surface area contributed by atoms with Crippen LogP contribution >= 0.6 is 0 Å². The summed E-state index contributed by atoms with van der Waals surface area (Å²) >= 11 is 0. The minimum atomic E-state index is 0. The van der Waals surface area contributed by atoms with Crippen molar-refractivity contribution < 1.29 is 60.3 Å². The van der Waals surface area contributed by atoms with Gasteiger partial charge in [-0.25, -0.2) is 0 Å². The van der Waals surface area contributed by atoms with E-state index < -0.39 is 0 Å². The third-order valence-corrected chi connectivity index (χ3v) is 12.0. The van der Waals surface area contributed by atoms with Crippen LogP contribution in [-0.2, 0) is 71.1 Å². The molecule has 3 radical (unpaired) electrons. The molecule has 0 N–H and O–H groups in total. The fraction of sp³-hybridized carbons (Fsp3) is 0.164. The number of benzene rings is 6. The van der Waals surface area contributed by atoms with Gasteiger partial charge in [-0.15, -0.1) is 106 Å². The largest absolute Gasteiger partial charge is 0.305 e. The SMILES string of the molecule is CC(C)(C)c1ccc(-c2[c-]ccc(-c3ccccc3)c2)nc1.CC1(c2ccnc(-c3[c-]ccc(-c4ccccc4)c3)c2)CC1.Cc1cnc(-c2[c-]ccc(-c3ccccc3)c2)cc1C.[Ir].[Ir].[Ir]. The first kappa shape index (κ1) is 52.7. The zero-order valence-corrected chi connectivity index (χ0v) is 45.9. The van der Waals surface area contributed by atoms with E-state index in [0.717, 1.165) is 33.8 Å². The summed E-state index contributed by atoms with van der Waals surface area (Å²) in [6.07, 6.45) is 8.39. The fourth-order valence-electron chi connectivity index (χ4n) is 7.47. The molecule has 0 amide bonds. The number of rotatable bonds is 7. The van der Waals surface area contributed by atoms with Crippen molar-refractivity contribution in [3.8, 4) is 67.2 Å². The second-order valence-electron chi connectivity index (χ2n) is 17.9. The second kappa shape index (κ2) is 24.1. The molecule has 1 aliphatic carbocycles. The Labute approximate surface area is 439 Å². The quantitative estimate of drug-likeness (QED) is 0.149. The number of hydrogen-bond acceptors (Lipinski definition) is 3. The van der Waals surface area contributed by atoms with Crippen molar-refractivity contribution in [2.24, 2.45) is 0 Å². The second-order valence-corrected chi connectivity index (χ2v) is 17.9. The molecule has 9 aromatic rings. The van der Waals surface area contributed by atoms with Crippen LogP contribution in [0.3, 0.4) is 0 Å². The molecule has 0 unspecified atom stereocenters. The van der Waals surface area contributed by atoms with Crippen molar-refractivity contribution in [2.75, 3.05) is 0 Å². The van der Waals surface area contributed by atoms with Gasteiger partial charge >= 0.3 is 0 Å². The van der Waals surface area contributed by atoms with Gasteiger partial charge in [-0.2, -0.15) is 0 Å². The molecule has 0 bridgehead atoms. The molecule has 0 atom stereocenters. The third-order valence-electron chi connectivity index (χ3n) is 12.0. The first-order valence-corrected chi connectivity index (χ1v) is 22.1. The Morgan fingerprint density at radius 1 is 0.433 bits per heavy atom. The van der Waals surface area contributed by atoms with Crippen LogP contribution in [0.15, 0.2) is 195 Å². The Morgan fingerprint density at radius 2 is 0.866 bits per heavy atom. The maximum absolute atomic E-state index is 4.62. The van der Waals surface area contributed by atoms with Crippen molar-refractivity contribution in [2.45, 2.75) is 65.2 Å². The van der Waals surface area contributed by atoms with Gasteiger partial charge in [-0.05, 0) is 94.0 Å². The molecule has 3 heterocycles. The number of aromatic nitrogens is 3. The topological polar surface area (TPSA) is 38.7 Å². The summed E-state index contributed by atoms with van der Waals surface area (Å²) < 4.78 is 0. The molecular formula is C61H54Ir3N3-3. The Kier molecular flexibility index (Phi) is 19.0. The van der Waals surface area contributed by atoms with Crippen LogP contribution in [0.2, 0.25) is 0 Å². The normalized spacial score (nSPS) is 12.0. The molecule has 343 valence electrons. The molecule has 67 heavy (non-hydrogen) atoms. The van der Waals surface area contributed by atoms with Crippen LogP contribution in [0, 0.1) is 32.0 Å². The predicted octanol–water partition coefficient (Wildman–Crippen LogP) is 15.6. The molecule has 0 spiro atoms. The van der Waals surface area contributed by atoms with Gasteiger partial charge in [0.2, 0.25) is 0 Å². The molecule has 3 nitrogen and oxygen atoms in total. The van der Waals surface area contributed by atoms with Gasteiger partial charge in [0.15, 0.2) is 0 Å². The van der Waals surface area contributed by atoms with Crippen molar-refractivity contribution in [3.05, 3.63) is 235 Å². The van der Waals surface area contributed by atoms with Crippen LogP contribution in [0.5, 0.6) is 0 Å². The first-order chi connectivity index (χ1) is 31.0. The summed E-state index contributed by atoms with van der Waals surface area (Å²) in [5.41, 5.74) is 18.9. The zero-order chi connectivity index (χ0) is 44.5. The maximum Gasteiger partial charge on any atom is 0.0198 e. The van der Waals surface area contributed by atoms with E-state index in [1.54, 1.807) is 0 Å². The van der Waals surface area contributed by atoms with Crippen molar-refractivity contribution in [1.29, 1.82) is 0 Å². The number of hydrogen-bond donors (Lipinski definition) is 0. The van der Waals surface area contributed by atoms with Crippen LogP contribution < -0.4 is 0 Å². The summed E-state index contributed by atoms with van der Waals surface area (Å²) in [7, 11) is 0. The van der Waals surface area contributed by atoms with E-state index in [0.29, 0.717) is 5.41 Å². The molecule has 0 aliphatic heterocycles. The fourth-order valence-corrected chi connectivity index (χ4v) is 7.47. The van der Waals surface area contributed by atoms with E-state index in [1.165, 1.54) is 68.5 Å². The molecular weight excluding hydrogens is 1350 g/mol. The van der Waals surface area contributed by atoms with E-state index in [1.807, 2.05) is 55.0 Å². The smallest absolute Gasteiger partial charge is 0.0198 e. The summed E-state index contributed by atoms with van der Waals surface area (Å²) in [6.45, 7) is 13.1. The minimum Gasteiger partial charge on any atom is -0.305 e. The summed E-state index contributed by atoms with van der Waals surface area (Å²) in [6, 6.07) is 70.5. The third kappa shape index (κ3) is 13.9. The summed E-state index contributed by atoms with van der Waals surface area (Å²) in [5.74, 6) is 0. The molecule has 6 aromatic carbocycles. The maximum atomic E-state index is 4.62. The van der Waals surface area contributed by atoms with Gasteiger partial charge in [0, 0.05) is 78.9 Å². The van der Waals surface area contributed by atoms with E-state index in [4.69, 9.17) is 0 Å². The molecule has 1 fully saturated rings. The van der Waals surface area contributed by atoms with Gasteiger partial charge in [-0.1, -0.05) is 149 Å². The molecule has 10 rings (SSSR count). The van der Waals surface area contributed by atoms with E-state index in [2.05, 4.69) is 214 Å². The first-order valence-electron chi connectivity index (χ1n) is 22.1. The Balaban J connectivity index is 0.000000184. The van der Waals surface area contributed by atoms with Crippen LogP contribution in [0.4, 0.5) is 0 Å². The average molecular weight is 1410 g/mol. The van der Waals surface area contributed by atoms with Crippen LogP contribution in [0.1, 0.15) is 62.8 Å². The van der Waals surface area contributed by atoms with E-state index in [-0.39, 0.29) is 65.7 Å². The Bertz CT molecular complexity index is 2940. The molecule has 3 aromatic heterocycles. The number of nitrogens with zero attached hydrogens (tertiary/aromatic N) is 3. The summed E-state index contributed by atoms with van der Waals surface area (Å²) in [5, 5.41) is 0. The number of pyridine rings is 3. The van der Waals surface area contributed by atoms with Crippen molar-refractivity contribution in [3.63, 3.8) is 0 Å². The molecule has 0 saturated heterocycles. The van der Waals surface area contributed by atoms with Gasteiger partial charge in [0.25, 0.3) is 0 Å². The zero-order valence-electron chi connectivity index (χ0n) is 38.7. The van der Waals surface area contributed by atoms with Crippen molar-refractivity contribution >= 4 is 0 Å². The van der Waals surface area contributed by atoms with Gasteiger partial charge in [0.1, 0.15) is 0 Å². The Hall–Kier alpha value is -5.28. The average Bonchev–Trinajstić information content (AvgIpc) is 4.11. The van der Waals surface area contributed by atoms with Crippen LogP contribution in [0.25, 0.3) is 67.2 Å². The van der Waals surface area contributed by atoms with E-state index >= 15 is 0 Å². The molecule has 1 saturated carbocycles. The molecule has 6 heteroatoms. The van der Waals surface area contributed by atoms with Gasteiger partial charge < -0.3 is 15.0 Å². The number of aryl methyl sites for hydroxylation is 2. The standard InChI is InChI=1S/C21H18N.C21H20N.C19H16N.3Ir/c1-21(11-12-21)19-10-13-22-20(15-19)18-9-5-8-17(14-18)16-6-3-2-4-7-16;1-21(2,3)19-12-13-20(22-15-19)18-11-7-10-17(14-18)16-8-5-4-6-9-16;1-14-11-19(20-13-15(14)2)18-10-6-9-17(12-18)16-7-4-3-5-8-16;;;/h2-8,10,13-15H,11-12H2,1H3;4-10,12-15H,1-3H3;3-9,11-13H,1-2H3;;;/q3*-1;;;. The predicted molar refractivity (Wildman–Crippen MR) is 267 cm³/mol. The molecule has 1 aliphatic rings. The summed E-state index contributed by atoms with van der Waals surface area (Å²) in [4.78, 5) is 13.7. The monoisotopic (exact) mass is 1410 g/mol. The Morgan fingerprint density at radius 3 is 1.27 bits per heavy atom. The van der Waals surface area contributed by atoms with Gasteiger partial charge in [-0.3, -0.25) is 0 Å². The van der Waals surface area contributed by atoms with Gasteiger partial charge in [0.05, 0.1) is 0 Å². The van der Waals surface area contributed by atoms with Crippen LogP contribution in [-0.4, -0.2) is 15.0 Å². The van der Waals surface area contributed by atoms with Crippen molar-refractivity contribution in [1.82, 2.24) is 15.0 Å². The van der Waals surface area contributed by atoms with E-state index in [9.17, 15) is 0 Å². The minimum absolute atomic E-state index is 0.